The van der Waals surface area contributed by atoms with Crippen LogP contribution in [0.15, 0.2) is 18.5 Å². The smallest absolute Gasteiger partial charge is 0.0338 e. The zero-order valence-electron chi connectivity index (χ0n) is 13.8. The molecule has 1 aromatic heterocycles. The second-order valence-electron chi connectivity index (χ2n) is 5.95. The number of hydrogen-bond acceptors (Lipinski definition) is 2. The molecule has 0 aliphatic carbocycles. The molecule has 0 bridgehead atoms. The summed E-state index contributed by atoms with van der Waals surface area (Å²) in [6.07, 6.45) is 11.7. The average Bonchev–Trinajstić information content (AvgIpc) is 2.46. The molecule has 2 atom stereocenters. The summed E-state index contributed by atoms with van der Waals surface area (Å²) >= 11 is 0. The van der Waals surface area contributed by atoms with E-state index in [1.165, 1.54) is 49.7 Å². The summed E-state index contributed by atoms with van der Waals surface area (Å²) in [5, 5.41) is 3.71. The third kappa shape index (κ3) is 6.04. The Bertz CT molecular complexity index is 362. The van der Waals surface area contributed by atoms with E-state index in [4.69, 9.17) is 0 Å². The molecular weight excluding hydrogens is 244 g/mol. The first-order valence-corrected chi connectivity index (χ1v) is 8.36. The van der Waals surface area contributed by atoms with Crippen LogP contribution >= 0.6 is 0 Å². The van der Waals surface area contributed by atoms with Crippen LogP contribution in [0.2, 0.25) is 0 Å². The summed E-state index contributed by atoms with van der Waals surface area (Å²) in [6, 6.07) is 2.75. The van der Waals surface area contributed by atoms with Crippen molar-refractivity contribution in [3.8, 4) is 0 Å². The Hall–Kier alpha value is -0.890. The van der Waals surface area contributed by atoms with Crippen molar-refractivity contribution in [1.29, 1.82) is 0 Å². The van der Waals surface area contributed by atoms with Crippen LogP contribution in [-0.2, 0) is 0 Å². The van der Waals surface area contributed by atoms with Crippen molar-refractivity contribution in [3.05, 3.63) is 29.6 Å². The molecule has 1 heterocycles. The first-order valence-electron chi connectivity index (χ1n) is 8.36. The lowest BCUT2D eigenvalue weighted by Crippen LogP contribution is -2.24. The molecule has 0 fully saturated rings. The standard InChI is InChI=1S/C18H32N2/c1-5-8-9-16(7-3)12-18(20-10-6-2)17-11-15(4)13-19-14-17/h11,13-14,16,18,20H,5-10,12H2,1-4H3. The van der Waals surface area contributed by atoms with Crippen LogP contribution in [-0.4, -0.2) is 11.5 Å². The number of rotatable bonds is 10. The highest BCUT2D eigenvalue weighted by Crippen LogP contribution is 2.26. The number of aryl methyl sites for hydroxylation is 1. The van der Waals surface area contributed by atoms with E-state index in [9.17, 15) is 0 Å². The second-order valence-corrected chi connectivity index (χ2v) is 5.95. The second kappa shape index (κ2) is 9.93. The van der Waals surface area contributed by atoms with Crippen LogP contribution in [0.3, 0.4) is 0 Å². The van der Waals surface area contributed by atoms with Crippen molar-refractivity contribution in [1.82, 2.24) is 10.3 Å². The fourth-order valence-electron chi connectivity index (χ4n) is 2.74. The van der Waals surface area contributed by atoms with E-state index in [1.54, 1.807) is 0 Å². The van der Waals surface area contributed by atoms with Gasteiger partial charge in [0.25, 0.3) is 0 Å². The molecule has 0 saturated heterocycles. The van der Waals surface area contributed by atoms with Crippen LogP contribution in [0.4, 0.5) is 0 Å². The number of nitrogens with zero attached hydrogens (tertiary/aromatic N) is 1. The lowest BCUT2D eigenvalue weighted by atomic mass is 9.89. The monoisotopic (exact) mass is 276 g/mol. The molecule has 2 heteroatoms. The molecule has 0 saturated carbocycles. The molecule has 0 aliphatic heterocycles. The van der Waals surface area contributed by atoms with E-state index < -0.39 is 0 Å². The highest BCUT2D eigenvalue weighted by atomic mass is 14.9. The maximum atomic E-state index is 4.37. The predicted molar refractivity (Wildman–Crippen MR) is 87.9 cm³/mol. The van der Waals surface area contributed by atoms with E-state index in [1.807, 2.05) is 12.4 Å². The fraction of sp³-hybridized carbons (Fsp3) is 0.722. The van der Waals surface area contributed by atoms with Crippen molar-refractivity contribution < 1.29 is 0 Å². The zero-order valence-corrected chi connectivity index (χ0v) is 13.8. The van der Waals surface area contributed by atoms with Crippen molar-refractivity contribution in [2.75, 3.05) is 6.54 Å². The summed E-state index contributed by atoms with van der Waals surface area (Å²) in [5.41, 5.74) is 2.61. The molecule has 2 unspecified atom stereocenters. The third-order valence-electron chi connectivity index (χ3n) is 4.05. The van der Waals surface area contributed by atoms with Crippen molar-refractivity contribution in [2.24, 2.45) is 5.92 Å². The molecule has 0 radical (unpaired) electrons. The lowest BCUT2D eigenvalue weighted by Gasteiger charge is -2.24. The molecule has 0 spiro atoms. The molecule has 1 N–H and O–H groups in total. The van der Waals surface area contributed by atoms with Gasteiger partial charge in [-0.15, -0.1) is 0 Å². The van der Waals surface area contributed by atoms with Gasteiger partial charge in [0.15, 0.2) is 0 Å². The Morgan fingerprint density at radius 2 is 1.95 bits per heavy atom. The van der Waals surface area contributed by atoms with Crippen LogP contribution in [0.5, 0.6) is 0 Å². The zero-order chi connectivity index (χ0) is 14.8. The number of hydrogen-bond donors (Lipinski definition) is 1. The Morgan fingerprint density at radius 3 is 2.55 bits per heavy atom. The molecular formula is C18H32N2. The summed E-state index contributed by atoms with van der Waals surface area (Å²) in [5.74, 6) is 0.824. The van der Waals surface area contributed by atoms with E-state index >= 15 is 0 Å². The first-order chi connectivity index (χ1) is 9.71. The van der Waals surface area contributed by atoms with Gasteiger partial charge in [0.1, 0.15) is 0 Å². The molecule has 114 valence electrons. The van der Waals surface area contributed by atoms with Crippen LogP contribution in [0.25, 0.3) is 0 Å². The van der Waals surface area contributed by atoms with Gasteiger partial charge in [-0.2, -0.15) is 0 Å². The van der Waals surface area contributed by atoms with Gasteiger partial charge in [0.05, 0.1) is 0 Å². The SMILES string of the molecule is CCCCC(CC)CC(NCCC)c1cncc(C)c1. The molecule has 2 nitrogen and oxygen atoms in total. The van der Waals surface area contributed by atoms with E-state index in [0.717, 1.165) is 12.5 Å². The van der Waals surface area contributed by atoms with Gasteiger partial charge < -0.3 is 5.32 Å². The number of unbranched alkanes of at least 4 members (excludes halogenated alkanes) is 1. The first kappa shape index (κ1) is 17.2. The van der Waals surface area contributed by atoms with Crippen LogP contribution < -0.4 is 5.32 Å². The van der Waals surface area contributed by atoms with E-state index in [2.05, 4.69) is 44.1 Å². The van der Waals surface area contributed by atoms with Crippen molar-refractivity contribution in [2.45, 2.75) is 72.3 Å². The van der Waals surface area contributed by atoms with Gasteiger partial charge in [0, 0.05) is 18.4 Å². The quantitative estimate of drug-likeness (QED) is 0.648. The Kier molecular flexibility index (Phi) is 8.52. The summed E-state index contributed by atoms with van der Waals surface area (Å²) in [6.45, 7) is 10.0. The summed E-state index contributed by atoms with van der Waals surface area (Å²) in [7, 11) is 0. The van der Waals surface area contributed by atoms with Crippen molar-refractivity contribution in [3.63, 3.8) is 0 Å². The molecule has 20 heavy (non-hydrogen) atoms. The summed E-state index contributed by atoms with van der Waals surface area (Å²) in [4.78, 5) is 4.37. The lowest BCUT2D eigenvalue weighted by molar-refractivity contribution is 0.353. The molecule has 0 amide bonds. The average molecular weight is 276 g/mol. The van der Waals surface area contributed by atoms with Gasteiger partial charge in [-0.3, -0.25) is 4.98 Å². The number of pyridine rings is 1. The van der Waals surface area contributed by atoms with Gasteiger partial charge in [-0.25, -0.2) is 0 Å². The predicted octanol–water partition coefficient (Wildman–Crippen LogP) is 5.04. The molecule has 1 rings (SSSR count). The van der Waals surface area contributed by atoms with Crippen LogP contribution in [0.1, 0.15) is 76.5 Å². The minimum atomic E-state index is 0.462. The van der Waals surface area contributed by atoms with E-state index in [-0.39, 0.29) is 0 Å². The van der Waals surface area contributed by atoms with Gasteiger partial charge in [-0.05, 0) is 43.4 Å². The Balaban J connectivity index is 2.72. The van der Waals surface area contributed by atoms with Gasteiger partial charge >= 0.3 is 0 Å². The maximum absolute atomic E-state index is 4.37. The summed E-state index contributed by atoms with van der Waals surface area (Å²) < 4.78 is 0. The van der Waals surface area contributed by atoms with Gasteiger partial charge in [0.2, 0.25) is 0 Å². The van der Waals surface area contributed by atoms with Crippen LogP contribution in [0, 0.1) is 12.8 Å². The molecule has 0 aromatic carbocycles. The normalized spacial score (nSPS) is 14.2. The van der Waals surface area contributed by atoms with E-state index in [0.29, 0.717) is 6.04 Å². The molecule has 0 aliphatic rings. The maximum Gasteiger partial charge on any atom is 0.0338 e. The largest absolute Gasteiger partial charge is 0.310 e. The Labute approximate surface area is 125 Å². The van der Waals surface area contributed by atoms with Gasteiger partial charge in [-0.1, -0.05) is 52.5 Å². The molecule has 1 aromatic rings. The third-order valence-corrected chi connectivity index (χ3v) is 4.05. The Morgan fingerprint density at radius 1 is 1.15 bits per heavy atom. The number of nitrogens with one attached hydrogen (secondary N) is 1. The van der Waals surface area contributed by atoms with Crippen molar-refractivity contribution >= 4 is 0 Å². The number of aromatic nitrogens is 1. The fourth-order valence-corrected chi connectivity index (χ4v) is 2.74. The highest BCUT2D eigenvalue weighted by molar-refractivity contribution is 5.20. The highest BCUT2D eigenvalue weighted by Gasteiger charge is 2.16. The topological polar surface area (TPSA) is 24.9 Å². The minimum Gasteiger partial charge on any atom is -0.310 e. The minimum absolute atomic E-state index is 0.462.